The topological polar surface area (TPSA) is 51.5 Å². The van der Waals surface area contributed by atoms with Crippen molar-refractivity contribution in [2.75, 3.05) is 7.11 Å². The number of methoxy groups -OCH3 is 1. The molecule has 4 nitrogen and oxygen atoms in total. The standard InChI is InChI=1S/C18H17NO3/c1-19-15-9-8-13(20)11-14(15)17(18(21)22-2)16(19)10-12-6-4-3-5-7-12/h3-9,11,20H,10H2,1-2H3. The fourth-order valence-electron chi connectivity index (χ4n) is 2.81. The molecule has 0 amide bonds. The molecular formula is C18H17NO3. The number of aromatic nitrogens is 1. The van der Waals surface area contributed by atoms with Gasteiger partial charge in [-0.25, -0.2) is 4.79 Å². The molecule has 3 rings (SSSR count). The van der Waals surface area contributed by atoms with E-state index in [0.29, 0.717) is 17.4 Å². The van der Waals surface area contributed by atoms with Gasteiger partial charge in [-0.1, -0.05) is 30.3 Å². The van der Waals surface area contributed by atoms with Crippen LogP contribution in [0.4, 0.5) is 0 Å². The van der Waals surface area contributed by atoms with Gasteiger partial charge in [-0.15, -0.1) is 0 Å². The third-order valence-electron chi connectivity index (χ3n) is 3.91. The molecule has 0 atom stereocenters. The minimum atomic E-state index is -0.387. The van der Waals surface area contributed by atoms with Gasteiger partial charge in [-0.3, -0.25) is 0 Å². The maximum absolute atomic E-state index is 12.2. The number of rotatable bonds is 3. The molecule has 0 aliphatic heterocycles. The van der Waals surface area contributed by atoms with Gasteiger partial charge in [-0.2, -0.15) is 0 Å². The van der Waals surface area contributed by atoms with Gasteiger partial charge in [0.1, 0.15) is 5.75 Å². The van der Waals surface area contributed by atoms with Crippen LogP contribution >= 0.6 is 0 Å². The first kappa shape index (κ1) is 14.2. The highest BCUT2D eigenvalue weighted by Gasteiger charge is 2.22. The summed E-state index contributed by atoms with van der Waals surface area (Å²) in [6.07, 6.45) is 0.622. The van der Waals surface area contributed by atoms with E-state index in [1.54, 1.807) is 12.1 Å². The zero-order chi connectivity index (χ0) is 15.7. The van der Waals surface area contributed by atoms with Gasteiger partial charge in [-0.05, 0) is 23.8 Å². The highest BCUT2D eigenvalue weighted by molar-refractivity contribution is 6.06. The largest absolute Gasteiger partial charge is 0.508 e. The molecule has 3 aromatic rings. The number of phenolic OH excluding ortho intramolecular Hbond substituents is 1. The van der Waals surface area contributed by atoms with E-state index in [-0.39, 0.29) is 11.7 Å². The lowest BCUT2D eigenvalue weighted by Crippen LogP contribution is -2.07. The highest BCUT2D eigenvalue weighted by Crippen LogP contribution is 2.30. The van der Waals surface area contributed by atoms with Gasteiger partial charge in [0.15, 0.2) is 0 Å². The minimum Gasteiger partial charge on any atom is -0.508 e. The van der Waals surface area contributed by atoms with Crippen molar-refractivity contribution in [2.45, 2.75) is 6.42 Å². The van der Waals surface area contributed by atoms with Crippen LogP contribution in [-0.2, 0) is 18.2 Å². The Hall–Kier alpha value is -2.75. The third kappa shape index (κ3) is 2.33. The molecule has 112 valence electrons. The summed E-state index contributed by atoms with van der Waals surface area (Å²) in [5.74, 6) is -0.253. The average Bonchev–Trinajstić information content (AvgIpc) is 2.79. The molecule has 4 heteroatoms. The molecule has 0 unspecified atom stereocenters. The van der Waals surface area contributed by atoms with Gasteiger partial charge in [0.2, 0.25) is 0 Å². The number of carbonyl (C=O) groups excluding carboxylic acids is 1. The van der Waals surface area contributed by atoms with E-state index in [1.165, 1.54) is 7.11 Å². The Bertz CT molecular complexity index is 834. The molecule has 0 radical (unpaired) electrons. The number of benzene rings is 2. The monoisotopic (exact) mass is 295 g/mol. The highest BCUT2D eigenvalue weighted by atomic mass is 16.5. The smallest absolute Gasteiger partial charge is 0.340 e. The molecule has 0 fully saturated rings. The first-order chi connectivity index (χ1) is 10.6. The van der Waals surface area contributed by atoms with Crippen LogP contribution in [0.15, 0.2) is 48.5 Å². The maximum Gasteiger partial charge on any atom is 0.340 e. The zero-order valence-corrected chi connectivity index (χ0v) is 12.5. The van der Waals surface area contributed by atoms with Crippen LogP contribution in [0.1, 0.15) is 21.6 Å². The number of carbonyl (C=O) groups is 1. The number of esters is 1. The second kappa shape index (κ2) is 5.56. The van der Waals surface area contributed by atoms with E-state index in [1.807, 2.05) is 48.0 Å². The Morgan fingerprint density at radius 1 is 1.18 bits per heavy atom. The van der Waals surface area contributed by atoms with Crippen LogP contribution in [-0.4, -0.2) is 22.8 Å². The first-order valence-corrected chi connectivity index (χ1v) is 7.04. The Morgan fingerprint density at radius 2 is 1.91 bits per heavy atom. The number of aromatic hydroxyl groups is 1. The lowest BCUT2D eigenvalue weighted by molar-refractivity contribution is 0.0601. The third-order valence-corrected chi connectivity index (χ3v) is 3.91. The van der Waals surface area contributed by atoms with Crippen molar-refractivity contribution in [3.8, 4) is 5.75 Å². The van der Waals surface area contributed by atoms with Gasteiger partial charge >= 0.3 is 5.97 Å². The molecule has 0 saturated heterocycles. The zero-order valence-electron chi connectivity index (χ0n) is 12.5. The van der Waals surface area contributed by atoms with Gasteiger partial charge in [0.05, 0.1) is 12.7 Å². The normalized spacial score (nSPS) is 10.8. The van der Waals surface area contributed by atoms with Gasteiger partial charge in [0, 0.05) is 30.1 Å². The van der Waals surface area contributed by atoms with Crippen molar-refractivity contribution in [3.63, 3.8) is 0 Å². The fourth-order valence-corrected chi connectivity index (χ4v) is 2.81. The first-order valence-electron chi connectivity index (χ1n) is 7.04. The van der Waals surface area contributed by atoms with E-state index in [9.17, 15) is 9.90 Å². The van der Waals surface area contributed by atoms with Crippen molar-refractivity contribution in [3.05, 3.63) is 65.4 Å². The Morgan fingerprint density at radius 3 is 2.59 bits per heavy atom. The van der Waals surface area contributed by atoms with Crippen molar-refractivity contribution in [1.29, 1.82) is 0 Å². The molecule has 0 aliphatic rings. The van der Waals surface area contributed by atoms with Crippen LogP contribution in [0.3, 0.4) is 0 Å². The number of hydrogen-bond donors (Lipinski definition) is 1. The van der Waals surface area contributed by atoms with Crippen molar-refractivity contribution >= 4 is 16.9 Å². The summed E-state index contributed by atoms with van der Waals surface area (Å²) in [6, 6.07) is 15.0. The van der Waals surface area contributed by atoms with Gasteiger partial charge in [0.25, 0.3) is 0 Å². The van der Waals surface area contributed by atoms with Crippen molar-refractivity contribution in [2.24, 2.45) is 7.05 Å². The second-order valence-electron chi connectivity index (χ2n) is 5.24. The average molecular weight is 295 g/mol. The molecule has 2 aromatic carbocycles. The number of fused-ring (bicyclic) bond motifs is 1. The molecule has 1 heterocycles. The van der Waals surface area contributed by atoms with E-state index in [2.05, 4.69) is 0 Å². The molecule has 1 N–H and O–H groups in total. The molecule has 22 heavy (non-hydrogen) atoms. The Balaban J connectivity index is 2.23. The number of nitrogens with zero attached hydrogens (tertiary/aromatic N) is 1. The molecule has 1 aromatic heterocycles. The summed E-state index contributed by atoms with van der Waals surface area (Å²) >= 11 is 0. The second-order valence-corrected chi connectivity index (χ2v) is 5.24. The summed E-state index contributed by atoms with van der Waals surface area (Å²) < 4.78 is 6.92. The molecule has 0 spiro atoms. The summed E-state index contributed by atoms with van der Waals surface area (Å²) in [7, 11) is 3.29. The van der Waals surface area contributed by atoms with Crippen LogP contribution < -0.4 is 0 Å². The SMILES string of the molecule is COC(=O)c1c(Cc2ccccc2)n(C)c2ccc(O)cc12. The number of aryl methyl sites for hydroxylation is 1. The Labute approximate surface area is 128 Å². The quantitative estimate of drug-likeness (QED) is 0.755. The van der Waals surface area contributed by atoms with Crippen LogP contribution in [0.25, 0.3) is 10.9 Å². The summed E-state index contributed by atoms with van der Waals surface area (Å²) in [5, 5.41) is 10.4. The molecule has 0 aliphatic carbocycles. The number of ether oxygens (including phenoxy) is 1. The Kier molecular flexibility index (Phi) is 3.59. The summed E-state index contributed by atoms with van der Waals surface area (Å²) in [6.45, 7) is 0. The van der Waals surface area contributed by atoms with Crippen LogP contribution in [0, 0.1) is 0 Å². The van der Waals surface area contributed by atoms with E-state index in [4.69, 9.17) is 4.74 Å². The summed E-state index contributed by atoms with van der Waals surface area (Å²) in [4.78, 5) is 12.2. The van der Waals surface area contributed by atoms with Crippen LogP contribution in [0.5, 0.6) is 5.75 Å². The number of phenols is 1. The maximum atomic E-state index is 12.2. The predicted molar refractivity (Wildman–Crippen MR) is 85.2 cm³/mol. The molecular weight excluding hydrogens is 278 g/mol. The number of hydrogen-bond acceptors (Lipinski definition) is 3. The minimum absolute atomic E-state index is 0.134. The lowest BCUT2D eigenvalue weighted by atomic mass is 10.0. The van der Waals surface area contributed by atoms with Crippen molar-refractivity contribution in [1.82, 2.24) is 4.57 Å². The van der Waals surface area contributed by atoms with E-state index >= 15 is 0 Å². The van der Waals surface area contributed by atoms with E-state index in [0.717, 1.165) is 16.8 Å². The van der Waals surface area contributed by atoms with Crippen LogP contribution in [0.2, 0.25) is 0 Å². The summed E-state index contributed by atoms with van der Waals surface area (Å²) in [5.41, 5.74) is 3.39. The molecule has 0 saturated carbocycles. The lowest BCUT2D eigenvalue weighted by Gasteiger charge is -2.07. The van der Waals surface area contributed by atoms with Gasteiger partial charge < -0.3 is 14.4 Å². The predicted octanol–water partition coefficient (Wildman–Crippen LogP) is 3.26. The van der Waals surface area contributed by atoms with Crippen molar-refractivity contribution < 1.29 is 14.6 Å². The van der Waals surface area contributed by atoms with E-state index < -0.39 is 0 Å². The molecule has 0 bridgehead atoms. The fraction of sp³-hybridized carbons (Fsp3) is 0.167.